The van der Waals surface area contributed by atoms with Crippen molar-refractivity contribution in [3.8, 4) is 5.75 Å². The molecule has 1 aliphatic rings. The van der Waals surface area contributed by atoms with Gasteiger partial charge in [-0.3, -0.25) is 14.7 Å². The third kappa shape index (κ3) is 8.95. The number of rotatable bonds is 7. The van der Waals surface area contributed by atoms with Crippen LogP contribution in [0.4, 0.5) is 13.2 Å². The van der Waals surface area contributed by atoms with Crippen LogP contribution in [0.5, 0.6) is 5.75 Å². The molecule has 0 saturated carbocycles. The maximum Gasteiger partial charge on any atom is 0.401 e. The SMILES string of the molecule is CN=C(NCc1cccc(OCC(N)=O)c1)NC1CCN(CC(F)(F)F)C1.I. The number of hydrogen-bond acceptors (Lipinski definition) is 4. The molecule has 1 aromatic rings. The average Bonchev–Trinajstić information content (AvgIpc) is 3.02. The fourth-order valence-electron chi connectivity index (χ4n) is 2.82. The van der Waals surface area contributed by atoms with Crippen LogP contribution < -0.4 is 21.1 Å². The molecule has 28 heavy (non-hydrogen) atoms. The van der Waals surface area contributed by atoms with Crippen molar-refractivity contribution in [1.29, 1.82) is 0 Å². The number of amides is 1. The van der Waals surface area contributed by atoms with Gasteiger partial charge in [0.1, 0.15) is 5.75 Å². The third-order valence-electron chi connectivity index (χ3n) is 3.98. The fraction of sp³-hybridized carbons (Fsp3) is 0.529. The van der Waals surface area contributed by atoms with Crippen LogP contribution in [-0.2, 0) is 11.3 Å². The Labute approximate surface area is 178 Å². The van der Waals surface area contributed by atoms with Crippen molar-refractivity contribution in [2.75, 3.05) is 33.3 Å². The summed E-state index contributed by atoms with van der Waals surface area (Å²) >= 11 is 0. The first-order valence-electron chi connectivity index (χ1n) is 8.51. The number of nitrogens with zero attached hydrogens (tertiary/aromatic N) is 2. The number of alkyl halides is 3. The van der Waals surface area contributed by atoms with E-state index in [0.717, 1.165) is 5.56 Å². The minimum absolute atomic E-state index is 0. The molecule has 2 rings (SSSR count). The molecule has 0 bridgehead atoms. The number of ether oxygens (including phenoxy) is 1. The van der Waals surface area contributed by atoms with Crippen LogP contribution in [-0.4, -0.2) is 62.3 Å². The van der Waals surface area contributed by atoms with Gasteiger partial charge in [0, 0.05) is 32.7 Å². The van der Waals surface area contributed by atoms with Crippen molar-refractivity contribution in [2.24, 2.45) is 10.7 Å². The molecule has 0 spiro atoms. The summed E-state index contributed by atoms with van der Waals surface area (Å²) in [6.07, 6.45) is -3.57. The maximum absolute atomic E-state index is 12.5. The van der Waals surface area contributed by atoms with Gasteiger partial charge in [-0.25, -0.2) is 0 Å². The van der Waals surface area contributed by atoms with E-state index in [9.17, 15) is 18.0 Å². The second kappa shape index (κ2) is 11.3. The van der Waals surface area contributed by atoms with E-state index in [4.69, 9.17) is 10.5 Å². The van der Waals surface area contributed by atoms with E-state index in [2.05, 4.69) is 15.6 Å². The molecule has 1 unspecified atom stereocenters. The highest BCUT2D eigenvalue weighted by atomic mass is 127. The van der Waals surface area contributed by atoms with Gasteiger partial charge < -0.3 is 21.1 Å². The van der Waals surface area contributed by atoms with E-state index < -0.39 is 18.6 Å². The number of likely N-dealkylation sites (tertiary alicyclic amines) is 1. The highest BCUT2D eigenvalue weighted by Gasteiger charge is 2.34. The quantitative estimate of drug-likeness (QED) is 0.291. The van der Waals surface area contributed by atoms with E-state index >= 15 is 0 Å². The molecule has 158 valence electrons. The second-order valence-corrected chi connectivity index (χ2v) is 6.31. The second-order valence-electron chi connectivity index (χ2n) is 6.31. The molecule has 4 N–H and O–H groups in total. The largest absolute Gasteiger partial charge is 0.484 e. The molecular weight excluding hydrogens is 490 g/mol. The molecule has 7 nitrogen and oxygen atoms in total. The molecule has 0 aromatic heterocycles. The third-order valence-corrected chi connectivity index (χ3v) is 3.98. The normalized spacial score (nSPS) is 17.7. The minimum Gasteiger partial charge on any atom is -0.484 e. The molecule has 1 saturated heterocycles. The molecule has 11 heteroatoms. The fourth-order valence-corrected chi connectivity index (χ4v) is 2.82. The Morgan fingerprint density at radius 1 is 1.43 bits per heavy atom. The summed E-state index contributed by atoms with van der Waals surface area (Å²) in [5.74, 6) is 0.478. The molecule has 1 heterocycles. The van der Waals surface area contributed by atoms with Crippen LogP contribution in [0.15, 0.2) is 29.3 Å². The van der Waals surface area contributed by atoms with Crippen molar-refractivity contribution in [3.63, 3.8) is 0 Å². The monoisotopic (exact) mass is 515 g/mol. The Kier molecular flexibility index (Phi) is 9.79. The van der Waals surface area contributed by atoms with E-state index in [1.165, 1.54) is 4.90 Å². The zero-order valence-electron chi connectivity index (χ0n) is 15.5. The summed E-state index contributed by atoms with van der Waals surface area (Å²) in [6.45, 7) is 0.0576. The number of nitrogens with one attached hydrogen (secondary N) is 2. The van der Waals surface area contributed by atoms with Gasteiger partial charge in [0.25, 0.3) is 5.91 Å². The number of carbonyl (C=O) groups excluding carboxylic acids is 1. The maximum atomic E-state index is 12.5. The predicted octanol–water partition coefficient (Wildman–Crippen LogP) is 1.47. The molecule has 1 amide bonds. The van der Waals surface area contributed by atoms with E-state index in [1.54, 1.807) is 25.2 Å². The lowest BCUT2D eigenvalue weighted by molar-refractivity contribution is -0.143. The number of guanidine groups is 1. The molecule has 1 aliphatic heterocycles. The summed E-state index contributed by atoms with van der Waals surface area (Å²) in [4.78, 5) is 16.3. The summed E-state index contributed by atoms with van der Waals surface area (Å²) in [5.41, 5.74) is 5.94. The van der Waals surface area contributed by atoms with Gasteiger partial charge in [0.05, 0.1) is 6.54 Å². The average molecular weight is 515 g/mol. The van der Waals surface area contributed by atoms with Crippen molar-refractivity contribution in [1.82, 2.24) is 15.5 Å². The number of benzene rings is 1. The topological polar surface area (TPSA) is 92.0 Å². The highest BCUT2D eigenvalue weighted by molar-refractivity contribution is 14.0. The first kappa shape index (κ1) is 24.3. The summed E-state index contributed by atoms with van der Waals surface area (Å²) < 4.78 is 42.7. The van der Waals surface area contributed by atoms with Gasteiger partial charge in [0.15, 0.2) is 12.6 Å². The summed E-state index contributed by atoms with van der Waals surface area (Å²) in [7, 11) is 1.60. The molecule has 0 aliphatic carbocycles. The van der Waals surface area contributed by atoms with E-state index in [0.29, 0.717) is 37.8 Å². The number of hydrogen-bond donors (Lipinski definition) is 3. The predicted molar refractivity (Wildman–Crippen MR) is 111 cm³/mol. The number of nitrogens with two attached hydrogens (primary N) is 1. The number of carbonyl (C=O) groups is 1. The van der Waals surface area contributed by atoms with Crippen LogP contribution in [0.2, 0.25) is 0 Å². The zero-order valence-corrected chi connectivity index (χ0v) is 17.8. The van der Waals surface area contributed by atoms with Crippen molar-refractivity contribution in [2.45, 2.75) is 25.2 Å². The van der Waals surface area contributed by atoms with Crippen LogP contribution in [0.25, 0.3) is 0 Å². The smallest absolute Gasteiger partial charge is 0.401 e. The Bertz CT molecular complexity index is 672. The van der Waals surface area contributed by atoms with Gasteiger partial charge in [-0.05, 0) is 24.1 Å². The van der Waals surface area contributed by atoms with Gasteiger partial charge in [-0.2, -0.15) is 13.2 Å². The van der Waals surface area contributed by atoms with Crippen molar-refractivity contribution >= 4 is 35.8 Å². The molecule has 1 aromatic carbocycles. The van der Waals surface area contributed by atoms with Crippen LogP contribution in [0, 0.1) is 0 Å². The Hall–Kier alpha value is -1.76. The summed E-state index contributed by atoms with van der Waals surface area (Å²) in [6, 6.07) is 7.05. The number of aliphatic imine (C=N–C) groups is 1. The van der Waals surface area contributed by atoms with Crippen LogP contribution in [0.3, 0.4) is 0 Å². The molecule has 0 radical (unpaired) electrons. The Morgan fingerprint density at radius 3 is 2.82 bits per heavy atom. The van der Waals surface area contributed by atoms with Gasteiger partial charge in [-0.15, -0.1) is 24.0 Å². The number of primary amides is 1. The lowest BCUT2D eigenvalue weighted by atomic mass is 10.2. The lowest BCUT2D eigenvalue weighted by Gasteiger charge is -2.20. The highest BCUT2D eigenvalue weighted by Crippen LogP contribution is 2.20. The lowest BCUT2D eigenvalue weighted by Crippen LogP contribution is -2.44. The number of halogens is 4. The van der Waals surface area contributed by atoms with Crippen LogP contribution >= 0.6 is 24.0 Å². The first-order valence-corrected chi connectivity index (χ1v) is 8.51. The Morgan fingerprint density at radius 2 is 2.18 bits per heavy atom. The van der Waals surface area contributed by atoms with Gasteiger partial charge >= 0.3 is 6.18 Å². The first-order chi connectivity index (χ1) is 12.7. The van der Waals surface area contributed by atoms with Gasteiger partial charge in [0.2, 0.25) is 0 Å². The van der Waals surface area contributed by atoms with Crippen molar-refractivity contribution in [3.05, 3.63) is 29.8 Å². The molecule has 1 fully saturated rings. The van der Waals surface area contributed by atoms with Gasteiger partial charge in [-0.1, -0.05) is 12.1 Å². The molecule has 1 atom stereocenters. The van der Waals surface area contributed by atoms with E-state index in [-0.39, 0.29) is 36.6 Å². The molecular formula is C17H25F3IN5O2. The standard InChI is InChI=1S/C17H24F3N5O2.HI/c1-22-16(24-13-5-6-25(9-13)11-17(18,19)20)23-8-12-3-2-4-14(7-12)27-10-15(21)26;/h2-4,7,13H,5-6,8-11H2,1H3,(H2,21,26)(H2,22,23,24);1H. The van der Waals surface area contributed by atoms with Crippen molar-refractivity contribution < 1.29 is 22.7 Å². The summed E-state index contributed by atoms with van der Waals surface area (Å²) in [5, 5.41) is 6.26. The Balaban J connectivity index is 0.00000392. The minimum atomic E-state index is -4.18. The van der Waals surface area contributed by atoms with E-state index in [1.807, 2.05) is 6.07 Å². The zero-order chi connectivity index (χ0) is 19.9. The van der Waals surface area contributed by atoms with Crippen LogP contribution in [0.1, 0.15) is 12.0 Å².